The SMILES string of the molecule is C=NC(=O)C(CCCCCCCCCC)CCCCCCCCCCCC. The molecule has 0 rings (SSSR count). The maximum Gasteiger partial charge on any atom is 0.248 e. The number of hydrogen-bond acceptors (Lipinski definition) is 1. The highest BCUT2D eigenvalue weighted by Gasteiger charge is 2.16. The summed E-state index contributed by atoms with van der Waals surface area (Å²) < 4.78 is 0. The molecule has 2 heteroatoms. The lowest BCUT2D eigenvalue weighted by molar-refractivity contribution is -0.122. The Kier molecular flexibility index (Phi) is 21.1. The van der Waals surface area contributed by atoms with Crippen LogP contribution in [0.5, 0.6) is 0 Å². The third-order valence-electron chi connectivity index (χ3n) is 5.82. The summed E-state index contributed by atoms with van der Waals surface area (Å²) in [5.41, 5.74) is 0. The highest BCUT2D eigenvalue weighted by molar-refractivity contribution is 5.82. The average Bonchev–Trinajstić information content (AvgIpc) is 2.69. The lowest BCUT2D eigenvalue weighted by Crippen LogP contribution is -2.12. The Morgan fingerprint density at radius 2 is 0.889 bits per heavy atom. The van der Waals surface area contributed by atoms with Crippen molar-refractivity contribution in [3.05, 3.63) is 0 Å². The Hall–Kier alpha value is -0.660. The smallest absolute Gasteiger partial charge is 0.248 e. The van der Waals surface area contributed by atoms with Gasteiger partial charge in [0.2, 0.25) is 5.91 Å². The molecule has 0 fully saturated rings. The van der Waals surface area contributed by atoms with Gasteiger partial charge >= 0.3 is 0 Å². The van der Waals surface area contributed by atoms with E-state index in [4.69, 9.17) is 0 Å². The predicted molar refractivity (Wildman–Crippen MR) is 122 cm³/mol. The monoisotopic (exact) mass is 379 g/mol. The zero-order chi connectivity index (χ0) is 20.0. The average molecular weight is 380 g/mol. The number of unbranched alkanes of at least 4 members (excludes halogenated alkanes) is 16. The Bertz CT molecular complexity index is 326. The van der Waals surface area contributed by atoms with E-state index in [1.54, 1.807) is 0 Å². The van der Waals surface area contributed by atoms with Crippen LogP contribution in [0.15, 0.2) is 4.99 Å². The second kappa shape index (κ2) is 21.6. The summed E-state index contributed by atoms with van der Waals surface area (Å²) >= 11 is 0. The van der Waals surface area contributed by atoms with E-state index in [9.17, 15) is 4.79 Å². The fraction of sp³-hybridized carbons (Fsp3) is 0.920. The molecular formula is C25H49NO. The third kappa shape index (κ3) is 18.5. The summed E-state index contributed by atoms with van der Waals surface area (Å²) in [5.74, 6) is 0.172. The molecule has 160 valence electrons. The van der Waals surface area contributed by atoms with Gasteiger partial charge < -0.3 is 0 Å². The number of aliphatic imine (C=N–C) groups is 1. The first-order valence-electron chi connectivity index (χ1n) is 12.3. The van der Waals surface area contributed by atoms with Crippen molar-refractivity contribution in [2.24, 2.45) is 10.9 Å². The molecule has 0 radical (unpaired) electrons. The molecule has 2 nitrogen and oxygen atoms in total. The Balaban J connectivity index is 3.62. The van der Waals surface area contributed by atoms with Gasteiger partial charge in [-0.15, -0.1) is 0 Å². The van der Waals surface area contributed by atoms with Crippen LogP contribution < -0.4 is 0 Å². The van der Waals surface area contributed by atoms with Gasteiger partial charge in [0.25, 0.3) is 0 Å². The van der Waals surface area contributed by atoms with Crippen LogP contribution in [-0.2, 0) is 4.79 Å². The topological polar surface area (TPSA) is 29.4 Å². The van der Waals surface area contributed by atoms with Gasteiger partial charge in [0.1, 0.15) is 0 Å². The predicted octanol–water partition coefficient (Wildman–Crippen LogP) is 8.67. The molecule has 0 aromatic carbocycles. The van der Waals surface area contributed by atoms with Gasteiger partial charge in [0, 0.05) is 5.92 Å². The number of carbonyl (C=O) groups is 1. The molecule has 0 bridgehead atoms. The first-order valence-corrected chi connectivity index (χ1v) is 12.3. The zero-order valence-electron chi connectivity index (χ0n) is 18.8. The quantitative estimate of drug-likeness (QED) is 0.145. The summed E-state index contributed by atoms with van der Waals surface area (Å²) in [6.07, 6.45) is 26.1. The van der Waals surface area contributed by atoms with Crippen LogP contribution in [0.3, 0.4) is 0 Å². The number of amides is 1. The standard InChI is InChI=1S/C25H49NO/c1-4-6-8-10-12-14-15-17-19-21-23-24(25(27)26-3)22-20-18-16-13-11-9-7-5-2/h24H,3-23H2,1-2H3. The van der Waals surface area contributed by atoms with E-state index in [1.807, 2.05) is 0 Å². The van der Waals surface area contributed by atoms with Crippen molar-refractivity contribution < 1.29 is 4.79 Å². The van der Waals surface area contributed by atoms with Gasteiger partial charge in [-0.1, -0.05) is 129 Å². The Morgan fingerprint density at radius 1 is 0.593 bits per heavy atom. The number of carbonyl (C=O) groups excluding carboxylic acids is 1. The molecule has 0 saturated carbocycles. The molecule has 0 aromatic rings. The van der Waals surface area contributed by atoms with Crippen molar-refractivity contribution >= 4 is 12.6 Å². The number of hydrogen-bond donors (Lipinski definition) is 0. The van der Waals surface area contributed by atoms with Crippen molar-refractivity contribution in [1.29, 1.82) is 0 Å². The Labute approximate surface area is 171 Å². The minimum Gasteiger partial charge on any atom is -0.272 e. The molecule has 0 heterocycles. The Morgan fingerprint density at radius 3 is 1.19 bits per heavy atom. The van der Waals surface area contributed by atoms with Crippen LogP contribution in [0.4, 0.5) is 0 Å². The van der Waals surface area contributed by atoms with Crippen molar-refractivity contribution in [3.63, 3.8) is 0 Å². The molecule has 1 amide bonds. The van der Waals surface area contributed by atoms with Gasteiger partial charge in [0.15, 0.2) is 0 Å². The van der Waals surface area contributed by atoms with Crippen LogP contribution >= 0.6 is 0 Å². The molecule has 0 aliphatic heterocycles. The molecule has 0 aliphatic rings. The van der Waals surface area contributed by atoms with E-state index in [0.29, 0.717) is 0 Å². The first kappa shape index (κ1) is 26.3. The lowest BCUT2D eigenvalue weighted by atomic mass is 9.93. The van der Waals surface area contributed by atoms with Gasteiger partial charge in [-0.05, 0) is 19.6 Å². The van der Waals surface area contributed by atoms with E-state index < -0.39 is 0 Å². The summed E-state index contributed by atoms with van der Waals surface area (Å²) in [4.78, 5) is 15.7. The lowest BCUT2D eigenvalue weighted by Gasteiger charge is -2.13. The van der Waals surface area contributed by atoms with Gasteiger partial charge in [-0.25, -0.2) is 4.99 Å². The van der Waals surface area contributed by atoms with Crippen LogP contribution in [0.1, 0.15) is 142 Å². The van der Waals surface area contributed by atoms with Crippen molar-refractivity contribution in [2.45, 2.75) is 142 Å². The van der Waals surface area contributed by atoms with E-state index in [0.717, 1.165) is 12.8 Å². The van der Waals surface area contributed by atoms with Gasteiger partial charge in [0.05, 0.1) is 0 Å². The fourth-order valence-electron chi connectivity index (χ4n) is 3.92. The van der Waals surface area contributed by atoms with Crippen molar-refractivity contribution in [1.82, 2.24) is 0 Å². The molecule has 27 heavy (non-hydrogen) atoms. The summed E-state index contributed by atoms with van der Waals surface area (Å²) in [6.45, 7) is 8.00. The minimum absolute atomic E-state index is 0.0360. The van der Waals surface area contributed by atoms with Crippen LogP contribution in [0, 0.1) is 5.92 Å². The van der Waals surface area contributed by atoms with Gasteiger partial charge in [-0.3, -0.25) is 4.79 Å². The highest BCUT2D eigenvalue weighted by atomic mass is 16.1. The normalized spacial score (nSPS) is 12.2. The van der Waals surface area contributed by atoms with E-state index in [2.05, 4.69) is 25.6 Å². The fourth-order valence-corrected chi connectivity index (χ4v) is 3.92. The van der Waals surface area contributed by atoms with Crippen LogP contribution in [0.2, 0.25) is 0 Å². The molecular weight excluding hydrogens is 330 g/mol. The molecule has 1 atom stereocenters. The number of rotatable bonds is 21. The van der Waals surface area contributed by atoms with Crippen LogP contribution in [-0.4, -0.2) is 12.6 Å². The largest absolute Gasteiger partial charge is 0.272 e. The van der Waals surface area contributed by atoms with E-state index in [-0.39, 0.29) is 11.8 Å². The molecule has 1 unspecified atom stereocenters. The van der Waals surface area contributed by atoms with E-state index >= 15 is 0 Å². The third-order valence-corrected chi connectivity index (χ3v) is 5.82. The summed E-state index contributed by atoms with van der Waals surface area (Å²) in [6, 6.07) is 0. The second-order valence-electron chi connectivity index (χ2n) is 8.43. The van der Waals surface area contributed by atoms with Crippen LogP contribution in [0.25, 0.3) is 0 Å². The molecule has 0 aliphatic carbocycles. The molecule has 0 spiro atoms. The van der Waals surface area contributed by atoms with E-state index in [1.165, 1.54) is 116 Å². The minimum atomic E-state index is 0.0360. The maximum atomic E-state index is 12.0. The van der Waals surface area contributed by atoms with Crippen molar-refractivity contribution in [3.8, 4) is 0 Å². The van der Waals surface area contributed by atoms with Crippen molar-refractivity contribution in [2.75, 3.05) is 0 Å². The second-order valence-corrected chi connectivity index (χ2v) is 8.43. The zero-order valence-corrected chi connectivity index (χ0v) is 18.8. The maximum absolute atomic E-state index is 12.0. The molecule has 0 N–H and O–H groups in total. The number of nitrogens with zero attached hydrogens (tertiary/aromatic N) is 1. The molecule has 0 aromatic heterocycles. The summed E-state index contributed by atoms with van der Waals surface area (Å²) in [5, 5.41) is 0. The highest BCUT2D eigenvalue weighted by Crippen LogP contribution is 2.21. The van der Waals surface area contributed by atoms with Gasteiger partial charge in [-0.2, -0.15) is 0 Å². The first-order chi connectivity index (χ1) is 13.3. The molecule has 0 saturated heterocycles. The summed E-state index contributed by atoms with van der Waals surface area (Å²) in [7, 11) is 0.